The van der Waals surface area contributed by atoms with Crippen LogP contribution in [-0.2, 0) is 5.41 Å². The summed E-state index contributed by atoms with van der Waals surface area (Å²) in [6.07, 6.45) is 0. The molecular weight excluding hydrogens is 427 g/mol. The fraction of sp³-hybridized carbons (Fsp3) is 0.235. The molecule has 0 aliphatic rings. The molecule has 0 atom stereocenters. The molecule has 104 valence electrons. The summed E-state index contributed by atoms with van der Waals surface area (Å²) in [4.78, 5) is 12.6. The largest absolute Gasteiger partial charge is 0.289 e. The molecule has 0 bridgehead atoms. The van der Waals surface area contributed by atoms with Crippen LogP contribution in [0.1, 0.15) is 42.3 Å². The summed E-state index contributed by atoms with van der Waals surface area (Å²) in [5.74, 6) is 0.0659. The normalized spacial score (nSPS) is 11.4. The molecule has 3 heteroatoms. The topological polar surface area (TPSA) is 17.1 Å². The number of carbonyl (C=O) groups excluding carboxylic acids is 1. The molecule has 2 aromatic rings. The van der Waals surface area contributed by atoms with Crippen molar-refractivity contribution in [3.8, 4) is 0 Å². The highest BCUT2D eigenvalue weighted by Gasteiger charge is 2.16. The molecule has 0 aromatic heterocycles. The highest BCUT2D eigenvalue weighted by molar-refractivity contribution is 14.1. The van der Waals surface area contributed by atoms with Crippen molar-refractivity contribution in [2.24, 2.45) is 0 Å². The smallest absolute Gasteiger partial charge is 0.194 e. The maximum atomic E-state index is 12.6. The molecule has 20 heavy (non-hydrogen) atoms. The summed E-state index contributed by atoms with van der Waals surface area (Å²) in [7, 11) is 0. The summed E-state index contributed by atoms with van der Waals surface area (Å²) in [6, 6.07) is 13.7. The third kappa shape index (κ3) is 3.50. The van der Waals surface area contributed by atoms with Crippen molar-refractivity contribution >= 4 is 44.3 Å². The highest BCUT2D eigenvalue weighted by Crippen LogP contribution is 2.25. The fourth-order valence-corrected chi connectivity index (χ4v) is 2.89. The van der Waals surface area contributed by atoms with Crippen LogP contribution in [0.4, 0.5) is 0 Å². The maximum Gasteiger partial charge on any atom is 0.194 e. The van der Waals surface area contributed by atoms with Gasteiger partial charge in [-0.05, 0) is 51.8 Å². The van der Waals surface area contributed by atoms with E-state index in [2.05, 4.69) is 59.3 Å². The first-order valence-electron chi connectivity index (χ1n) is 6.39. The molecule has 0 spiro atoms. The van der Waals surface area contributed by atoms with Gasteiger partial charge in [-0.3, -0.25) is 4.79 Å². The van der Waals surface area contributed by atoms with Gasteiger partial charge in [-0.15, -0.1) is 0 Å². The van der Waals surface area contributed by atoms with E-state index in [1.165, 1.54) is 5.56 Å². The van der Waals surface area contributed by atoms with Crippen molar-refractivity contribution in [3.63, 3.8) is 0 Å². The minimum absolute atomic E-state index is 0.0659. The van der Waals surface area contributed by atoms with E-state index in [4.69, 9.17) is 0 Å². The SMILES string of the molecule is CC(C)(C)c1ccc(C(=O)c2cc(Br)ccc2I)cc1. The zero-order chi connectivity index (χ0) is 14.9. The van der Waals surface area contributed by atoms with Gasteiger partial charge >= 0.3 is 0 Å². The lowest BCUT2D eigenvalue weighted by Gasteiger charge is -2.19. The van der Waals surface area contributed by atoms with Crippen LogP contribution in [0.3, 0.4) is 0 Å². The Kier molecular flexibility index (Phi) is 4.69. The first-order chi connectivity index (χ1) is 9.29. The molecule has 0 saturated heterocycles. The number of hydrogen-bond acceptors (Lipinski definition) is 1. The van der Waals surface area contributed by atoms with Crippen LogP contribution in [-0.4, -0.2) is 5.78 Å². The average molecular weight is 443 g/mol. The Morgan fingerprint density at radius 3 is 2.20 bits per heavy atom. The van der Waals surface area contributed by atoms with Crippen molar-refractivity contribution in [2.75, 3.05) is 0 Å². The summed E-state index contributed by atoms with van der Waals surface area (Å²) in [5.41, 5.74) is 2.81. The molecule has 0 aliphatic carbocycles. The van der Waals surface area contributed by atoms with E-state index < -0.39 is 0 Å². The van der Waals surface area contributed by atoms with Gasteiger partial charge in [0.15, 0.2) is 5.78 Å². The number of carbonyl (C=O) groups is 1. The molecule has 0 N–H and O–H groups in total. The first kappa shape index (κ1) is 15.7. The van der Waals surface area contributed by atoms with E-state index in [-0.39, 0.29) is 11.2 Å². The second-order valence-corrected chi connectivity index (χ2v) is 7.86. The molecule has 2 rings (SSSR count). The van der Waals surface area contributed by atoms with E-state index in [1.807, 2.05) is 42.5 Å². The summed E-state index contributed by atoms with van der Waals surface area (Å²) < 4.78 is 1.89. The Balaban J connectivity index is 2.37. The lowest BCUT2D eigenvalue weighted by atomic mass is 9.86. The van der Waals surface area contributed by atoms with Crippen LogP contribution in [0.25, 0.3) is 0 Å². The van der Waals surface area contributed by atoms with Gasteiger partial charge < -0.3 is 0 Å². The van der Waals surface area contributed by atoms with Crippen LogP contribution in [0.15, 0.2) is 46.9 Å². The third-order valence-electron chi connectivity index (χ3n) is 3.19. The molecule has 0 amide bonds. The number of hydrogen-bond donors (Lipinski definition) is 0. The lowest BCUT2D eigenvalue weighted by molar-refractivity contribution is 0.103. The van der Waals surface area contributed by atoms with Crippen molar-refractivity contribution in [3.05, 3.63) is 67.2 Å². The number of rotatable bonds is 2. The van der Waals surface area contributed by atoms with E-state index in [1.54, 1.807) is 0 Å². The van der Waals surface area contributed by atoms with E-state index in [9.17, 15) is 4.79 Å². The van der Waals surface area contributed by atoms with Gasteiger partial charge in [0, 0.05) is 19.2 Å². The van der Waals surface area contributed by atoms with Crippen LogP contribution >= 0.6 is 38.5 Å². The van der Waals surface area contributed by atoms with Crippen LogP contribution in [0.5, 0.6) is 0 Å². The number of halogens is 2. The second kappa shape index (κ2) is 5.98. The summed E-state index contributed by atoms with van der Waals surface area (Å²) in [5, 5.41) is 0. The van der Waals surface area contributed by atoms with Gasteiger partial charge in [-0.2, -0.15) is 0 Å². The number of ketones is 1. The number of benzene rings is 2. The molecule has 0 fully saturated rings. The predicted molar refractivity (Wildman–Crippen MR) is 95.4 cm³/mol. The molecule has 1 nitrogen and oxygen atoms in total. The van der Waals surface area contributed by atoms with Crippen molar-refractivity contribution in [1.29, 1.82) is 0 Å². The summed E-state index contributed by atoms with van der Waals surface area (Å²) >= 11 is 5.62. The van der Waals surface area contributed by atoms with E-state index in [0.29, 0.717) is 0 Å². The average Bonchev–Trinajstić information content (AvgIpc) is 2.40. The Bertz CT molecular complexity index is 639. The van der Waals surface area contributed by atoms with Crippen LogP contribution < -0.4 is 0 Å². The van der Waals surface area contributed by atoms with Gasteiger partial charge in [0.1, 0.15) is 0 Å². The molecule has 0 radical (unpaired) electrons. The minimum atomic E-state index is 0.0659. The van der Waals surface area contributed by atoms with Gasteiger partial charge in [-0.1, -0.05) is 61.0 Å². The summed E-state index contributed by atoms with van der Waals surface area (Å²) in [6.45, 7) is 6.50. The third-order valence-corrected chi connectivity index (χ3v) is 4.62. The van der Waals surface area contributed by atoms with E-state index in [0.717, 1.165) is 19.2 Å². The lowest BCUT2D eigenvalue weighted by Crippen LogP contribution is -2.11. The Morgan fingerprint density at radius 1 is 1.05 bits per heavy atom. The molecule has 2 aromatic carbocycles. The standard InChI is InChI=1S/C17H16BrIO/c1-17(2,3)12-6-4-11(5-7-12)16(20)14-10-13(18)8-9-15(14)19/h4-10H,1-3H3. The highest BCUT2D eigenvalue weighted by atomic mass is 127. The zero-order valence-corrected chi connectivity index (χ0v) is 15.4. The predicted octanol–water partition coefficient (Wildman–Crippen LogP) is 5.58. The first-order valence-corrected chi connectivity index (χ1v) is 8.26. The molecule has 0 saturated carbocycles. The molecule has 0 aliphatic heterocycles. The fourth-order valence-electron chi connectivity index (χ4n) is 1.95. The van der Waals surface area contributed by atoms with Crippen molar-refractivity contribution in [2.45, 2.75) is 26.2 Å². The van der Waals surface area contributed by atoms with Crippen LogP contribution in [0.2, 0.25) is 0 Å². The van der Waals surface area contributed by atoms with Gasteiger partial charge in [-0.25, -0.2) is 0 Å². The van der Waals surface area contributed by atoms with Gasteiger partial charge in [0.2, 0.25) is 0 Å². The Morgan fingerprint density at radius 2 is 1.65 bits per heavy atom. The molecule has 0 heterocycles. The van der Waals surface area contributed by atoms with Crippen molar-refractivity contribution < 1.29 is 4.79 Å². The molecule has 0 unspecified atom stereocenters. The van der Waals surface area contributed by atoms with Gasteiger partial charge in [0.05, 0.1) is 0 Å². The maximum absolute atomic E-state index is 12.6. The van der Waals surface area contributed by atoms with Crippen molar-refractivity contribution in [1.82, 2.24) is 0 Å². The van der Waals surface area contributed by atoms with Crippen LogP contribution in [0, 0.1) is 3.57 Å². The monoisotopic (exact) mass is 442 g/mol. The zero-order valence-electron chi connectivity index (χ0n) is 11.7. The quantitative estimate of drug-likeness (QED) is 0.438. The second-order valence-electron chi connectivity index (χ2n) is 5.78. The molecular formula is C17H16BrIO. The minimum Gasteiger partial charge on any atom is -0.289 e. The van der Waals surface area contributed by atoms with Gasteiger partial charge in [0.25, 0.3) is 0 Å². The Labute approximate surface area is 142 Å². The van der Waals surface area contributed by atoms with E-state index >= 15 is 0 Å². The Hall–Kier alpha value is -0.680.